The van der Waals surface area contributed by atoms with E-state index >= 15 is 0 Å². The molecule has 1 aliphatic rings. The second kappa shape index (κ2) is 9.80. The van der Waals surface area contributed by atoms with Crippen LogP contribution in [0.3, 0.4) is 0 Å². The largest absolute Gasteiger partial charge is 0.492 e. The van der Waals surface area contributed by atoms with Gasteiger partial charge in [0.1, 0.15) is 12.4 Å². The molecule has 1 N–H and O–H groups in total. The molecule has 0 bridgehead atoms. The highest BCUT2D eigenvalue weighted by Gasteiger charge is 2.07. The Morgan fingerprint density at radius 3 is 2.62 bits per heavy atom. The number of nitrogens with one attached hydrogen (secondary N) is 1. The van der Waals surface area contributed by atoms with E-state index in [-0.39, 0.29) is 0 Å². The predicted molar refractivity (Wildman–Crippen MR) is 88.8 cm³/mol. The van der Waals surface area contributed by atoms with E-state index in [1.165, 1.54) is 50.8 Å². The summed E-state index contributed by atoms with van der Waals surface area (Å²) in [4.78, 5) is 2.56. The van der Waals surface area contributed by atoms with Crippen molar-refractivity contribution in [2.24, 2.45) is 0 Å². The fraction of sp³-hybridized carbons (Fsp3) is 0.667. The molecule has 0 spiro atoms. The first-order chi connectivity index (χ1) is 10.4. The van der Waals surface area contributed by atoms with Crippen LogP contribution in [0.15, 0.2) is 24.3 Å². The smallest absolute Gasteiger partial charge is 0.119 e. The summed E-state index contributed by atoms with van der Waals surface area (Å²) in [6, 6.07) is 8.44. The van der Waals surface area contributed by atoms with Gasteiger partial charge < -0.3 is 10.1 Å². The number of hydrogen-bond acceptors (Lipinski definition) is 3. The van der Waals surface area contributed by atoms with Gasteiger partial charge in [-0.05, 0) is 50.2 Å². The Bertz CT molecular complexity index is 387. The Balaban J connectivity index is 1.71. The minimum absolute atomic E-state index is 0.796. The first-order valence-corrected chi connectivity index (χ1v) is 8.53. The molecule has 21 heavy (non-hydrogen) atoms. The molecule has 0 atom stereocenters. The molecule has 0 aliphatic carbocycles. The molecule has 3 heteroatoms. The zero-order valence-electron chi connectivity index (χ0n) is 13.4. The van der Waals surface area contributed by atoms with E-state index in [1.807, 2.05) is 0 Å². The first kappa shape index (κ1) is 16.3. The summed E-state index contributed by atoms with van der Waals surface area (Å²) in [6.07, 6.45) is 6.90. The molecule has 0 radical (unpaired) electrons. The average Bonchev–Trinajstić information content (AvgIpc) is 2.47. The molecule has 1 saturated heterocycles. The first-order valence-electron chi connectivity index (χ1n) is 8.53. The molecule has 0 amide bonds. The van der Waals surface area contributed by atoms with Crippen molar-refractivity contribution in [2.75, 3.05) is 32.8 Å². The lowest BCUT2D eigenvalue weighted by Crippen LogP contribution is -2.31. The zero-order valence-corrected chi connectivity index (χ0v) is 13.4. The van der Waals surface area contributed by atoms with Gasteiger partial charge in [0, 0.05) is 13.1 Å². The third-order valence-corrected chi connectivity index (χ3v) is 4.10. The number of benzene rings is 1. The number of hydrogen-bond donors (Lipinski definition) is 1. The predicted octanol–water partition coefficient (Wildman–Crippen LogP) is 3.44. The second-order valence-corrected chi connectivity index (χ2v) is 5.89. The van der Waals surface area contributed by atoms with Crippen LogP contribution in [0.5, 0.6) is 5.75 Å². The fourth-order valence-electron chi connectivity index (χ4n) is 2.84. The van der Waals surface area contributed by atoms with Gasteiger partial charge in [-0.1, -0.05) is 38.3 Å². The Hall–Kier alpha value is -1.06. The SMILES string of the molecule is CCNCc1cccc(OCCN2CCCCCCC2)c1. The van der Waals surface area contributed by atoms with E-state index in [0.717, 1.165) is 32.0 Å². The maximum absolute atomic E-state index is 5.93. The maximum Gasteiger partial charge on any atom is 0.119 e. The van der Waals surface area contributed by atoms with Gasteiger partial charge in [0.2, 0.25) is 0 Å². The van der Waals surface area contributed by atoms with E-state index in [0.29, 0.717) is 0 Å². The number of rotatable bonds is 7. The van der Waals surface area contributed by atoms with Crippen molar-refractivity contribution >= 4 is 0 Å². The fourth-order valence-corrected chi connectivity index (χ4v) is 2.84. The molecule has 1 fully saturated rings. The van der Waals surface area contributed by atoms with Gasteiger partial charge in [-0.2, -0.15) is 0 Å². The highest BCUT2D eigenvalue weighted by molar-refractivity contribution is 5.28. The molecule has 0 unspecified atom stereocenters. The van der Waals surface area contributed by atoms with Crippen molar-refractivity contribution in [2.45, 2.75) is 45.6 Å². The third-order valence-electron chi connectivity index (χ3n) is 4.10. The minimum atomic E-state index is 0.796. The van der Waals surface area contributed by atoms with Crippen LogP contribution in [-0.4, -0.2) is 37.7 Å². The summed E-state index contributed by atoms with van der Waals surface area (Å²) in [5.41, 5.74) is 1.29. The number of likely N-dealkylation sites (tertiary alicyclic amines) is 1. The molecule has 0 aromatic heterocycles. The molecule has 2 rings (SSSR count). The van der Waals surface area contributed by atoms with Crippen molar-refractivity contribution in [3.8, 4) is 5.75 Å². The summed E-state index contributed by atoms with van der Waals surface area (Å²) in [5, 5.41) is 3.35. The van der Waals surface area contributed by atoms with Crippen LogP contribution >= 0.6 is 0 Å². The van der Waals surface area contributed by atoms with Crippen LogP contribution in [0.2, 0.25) is 0 Å². The normalized spacial score (nSPS) is 17.2. The van der Waals surface area contributed by atoms with E-state index < -0.39 is 0 Å². The van der Waals surface area contributed by atoms with Gasteiger partial charge >= 0.3 is 0 Å². The lowest BCUT2D eigenvalue weighted by molar-refractivity contribution is 0.195. The van der Waals surface area contributed by atoms with Gasteiger partial charge in [-0.25, -0.2) is 0 Å². The summed E-state index contributed by atoms with van der Waals surface area (Å²) in [6.45, 7) is 8.37. The molecule has 1 aromatic rings. The topological polar surface area (TPSA) is 24.5 Å². The lowest BCUT2D eigenvalue weighted by atomic mass is 10.1. The van der Waals surface area contributed by atoms with E-state index in [1.54, 1.807) is 0 Å². The van der Waals surface area contributed by atoms with Crippen molar-refractivity contribution < 1.29 is 4.74 Å². The van der Waals surface area contributed by atoms with Crippen LogP contribution in [0.25, 0.3) is 0 Å². The molecule has 0 saturated carbocycles. The molecular formula is C18H30N2O. The molecule has 3 nitrogen and oxygen atoms in total. The average molecular weight is 290 g/mol. The van der Waals surface area contributed by atoms with Gasteiger partial charge in [0.25, 0.3) is 0 Å². The van der Waals surface area contributed by atoms with Crippen LogP contribution in [0.1, 0.15) is 44.6 Å². The number of nitrogens with zero attached hydrogens (tertiary/aromatic N) is 1. The zero-order chi connectivity index (χ0) is 14.8. The molecule has 118 valence electrons. The van der Waals surface area contributed by atoms with E-state index in [4.69, 9.17) is 4.74 Å². The van der Waals surface area contributed by atoms with Crippen LogP contribution < -0.4 is 10.1 Å². The van der Waals surface area contributed by atoms with Crippen molar-refractivity contribution in [1.29, 1.82) is 0 Å². The second-order valence-electron chi connectivity index (χ2n) is 5.89. The summed E-state index contributed by atoms with van der Waals surface area (Å²) in [7, 11) is 0. The van der Waals surface area contributed by atoms with E-state index in [9.17, 15) is 0 Å². The van der Waals surface area contributed by atoms with Crippen molar-refractivity contribution in [1.82, 2.24) is 10.2 Å². The molecule has 1 aromatic carbocycles. The van der Waals surface area contributed by atoms with Crippen LogP contribution in [-0.2, 0) is 6.54 Å². The van der Waals surface area contributed by atoms with Crippen molar-refractivity contribution in [3.63, 3.8) is 0 Å². The Morgan fingerprint density at radius 2 is 1.86 bits per heavy atom. The lowest BCUT2D eigenvalue weighted by Gasteiger charge is -2.24. The monoisotopic (exact) mass is 290 g/mol. The Labute approximate surface area is 129 Å². The maximum atomic E-state index is 5.93. The Morgan fingerprint density at radius 1 is 1.10 bits per heavy atom. The van der Waals surface area contributed by atoms with Gasteiger partial charge in [-0.15, -0.1) is 0 Å². The summed E-state index contributed by atoms with van der Waals surface area (Å²) >= 11 is 0. The minimum Gasteiger partial charge on any atom is -0.492 e. The van der Waals surface area contributed by atoms with Gasteiger partial charge in [0.15, 0.2) is 0 Å². The van der Waals surface area contributed by atoms with Gasteiger partial charge in [0.05, 0.1) is 0 Å². The number of ether oxygens (including phenoxy) is 1. The van der Waals surface area contributed by atoms with Crippen LogP contribution in [0, 0.1) is 0 Å². The Kier molecular flexibility index (Phi) is 7.61. The molecule has 1 aliphatic heterocycles. The van der Waals surface area contributed by atoms with Crippen LogP contribution in [0.4, 0.5) is 0 Å². The third kappa shape index (κ3) is 6.49. The molecular weight excluding hydrogens is 260 g/mol. The van der Waals surface area contributed by atoms with Crippen molar-refractivity contribution in [3.05, 3.63) is 29.8 Å². The van der Waals surface area contributed by atoms with E-state index in [2.05, 4.69) is 41.4 Å². The highest BCUT2D eigenvalue weighted by atomic mass is 16.5. The molecule has 1 heterocycles. The summed E-state index contributed by atoms with van der Waals surface area (Å²) in [5.74, 6) is 0.998. The van der Waals surface area contributed by atoms with Gasteiger partial charge in [-0.3, -0.25) is 4.90 Å². The standard InChI is InChI=1S/C18H30N2O/c1-2-19-16-17-9-8-10-18(15-17)21-14-13-20-11-6-4-3-5-7-12-20/h8-10,15,19H,2-7,11-14,16H2,1H3. The highest BCUT2D eigenvalue weighted by Crippen LogP contribution is 2.14. The quantitative estimate of drug-likeness (QED) is 0.832. The summed E-state index contributed by atoms with van der Waals surface area (Å²) < 4.78 is 5.93.